The van der Waals surface area contributed by atoms with E-state index in [0.29, 0.717) is 11.9 Å². The van der Waals surface area contributed by atoms with Gasteiger partial charge < -0.3 is 5.32 Å². The normalized spacial score (nSPS) is 16.4. The van der Waals surface area contributed by atoms with E-state index in [1.807, 2.05) is 0 Å². The largest absolute Gasteiger partial charge is 0.366 e. The van der Waals surface area contributed by atoms with Crippen LogP contribution >= 0.6 is 11.3 Å². The SMILES string of the molecule is O=S(=O)(Nc1ccc(NC2CCCCC2)nn1)c1cccs1. The first-order chi connectivity index (χ1) is 10.6. The van der Waals surface area contributed by atoms with E-state index in [0.717, 1.165) is 24.2 Å². The number of aromatic nitrogens is 2. The van der Waals surface area contributed by atoms with Gasteiger partial charge in [0.05, 0.1) is 0 Å². The number of nitrogens with zero attached hydrogens (tertiary/aromatic N) is 2. The highest BCUT2D eigenvalue weighted by Gasteiger charge is 2.17. The van der Waals surface area contributed by atoms with Crippen LogP contribution in [0.5, 0.6) is 0 Å². The molecule has 1 saturated carbocycles. The molecule has 0 spiro atoms. The van der Waals surface area contributed by atoms with Crippen LogP contribution in [0.15, 0.2) is 33.9 Å². The van der Waals surface area contributed by atoms with E-state index in [2.05, 4.69) is 20.2 Å². The van der Waals surface area contributed by atoms with Crippen molar-refractivity contribution in [2.45, 2.75) is 42.4 Å². The Morgan fingerprint density at radius 1 is 1.05 bits per heavy atom. The molecule has 0 aliphatic heterocycles. The first-order valence-corrected chi connectivity index (χ1v) is 9.66. The fraction of sp³-hybridized carbons (Fsp3) is 0.429. The van der Waals surface area contributed by atoms with Crippen LogP contribution in [0.1, 0.15) is 32.1 Å². The summed E-state index contributed by atoms with van der Waals surface area (Å²) in [6.07, 6.45) is 6.07. The van der Waals surface area contributed by atoms with Gasteiger partial charge in [-0.3, -0.25) is 4.72 Å². The molecular weight excluding hydrogens is 320 g/mol. The predicted molar refractivity (Wildman–Crippen MR) is 87.7 cm³/mol. The van der Waals surface area contributed by atoms with Crippen LogP contribution in [0, 0.1) is 0 Å². The van der Waals surface area contributed by atoms with Crippen LogP contribution in [-0.2, 0) is 10.0 Å². The van der Waals surface area contributed by atoms with Crippen LogP contribution in [0.2, 0.25) is 0 Å². The van der Waals surface area contributed by atoms with Gasteiger partial charge in [0.2, 0.25) is 0 Å². The molecule has 22 heavy (non-hydrogen) atoms. The molecule has 2 N–H and O–H groups in total. The summed E-state index contributed by atoms with van der Waals surface area (Å²) < 4.78 is 26.9. The van der Waals surface area contributed by atoms with Crippen molar-refractivity contribution in [1.29, 1.82) is 0 Å². The number of hydrogen-bond donors (Lipinski definition) is 2. The van der Waals surface area contributed by atoms with Crippen molar-refractivity contribution >= 4 is 33.0 Å². The molecule has 0 aromatic carbocycles. The highest BCUT2D eigenvalue weighted by Crippen LogP contribution is 2.22. The Morgan fingerprint density at radius 2 is 1.77 bits per heavy atom. The number of thiophene rings is 1. The monoisotopic (exact) mass is 338 g/mol. The van der Waals surface area contributed by atoms with Gasteiger partial charge in [-0.1, -0.05) is 25.3 Å². The standard InChI is InChI=1S/C14H18N4O2S2/c19-22(20,14-7-4-10-21-14)18-13-9-8-12(16-17-13)15-11-5-2-1-3-6-11/h4,7-11H,1-3,5-6H2,(H,15,16)(H,17,18). The summed E-state index contributed by atoms with van der Waals surface area (Å²) in [5, 5.41) is 13.1. The Kier molecular flexibility index (Phi) is 4.58. The second-order valence-corrected chi connectivity index (χ2v) is 8.18. The summed E-state index contributed by atoms with van der Waals surface area (Å²) in [4.78, 5) is 0. The Hall–Kier alpha value is -1.67. The van der Waals surface area contributed by atoms with Crippen molar-refractivity contribution in [3.8, 4) is 0 Å². The van der Waals surface area contributed by atoms with E-state index < -0.39 is 10.0 Å². The van der Waals surface area contributed by atoms with Crippen molar-refractivity contribution in [3.05, 3.63) is 29.6 Å². The molecule has 1 aliphatic carbocycles. The number of rotatable bonds is 5. The lowest BCUT2D eigenvalue weighted by molar-refractivity contribution is 0.461. The van der Waals surface area contributed by atoms with Gasteiger partial charge in [-0.15, -0.1) is 21.5 Å². The molecule has 8 heteroatoms. The van der Waals surface area contributed by atoms with Crippen LogP contribution in [0.25, 0.3) is 0 Å². The lowest BCUT2D eigenvalue weighted by atomic mass is 9.95. The smallest absolute Gasteiger partial charge is 0.272 e. The van der Waals surface area contributed by atoms with Crippen molar-refractivity contribution in [2.75, 3.05) is 10.0 Å². The molecule has 118 valence electrons. The third-order valence-corrected chi connectivity index (χ3v) is 6.37. The molecule has 0 saturated heterocycles. The summed E-state index contributed by atoms with van der Waals surface area (Å²) in [7, 11) is -3.56. The van der Waals surface area contributed by atoms with Crippen LogP contribution in [-0.4, -0.2) is 24.7 Å². The zero-order valence-electron chi connectivity index (χ0n) is 12.0. The fourth-order valence-electron chi connectivity index (χ4n) is 2.52. The Bertz CT molecular complexity index is 693. The molecule has 0 unspecified atom stereocenters. The van der Waals surface area contributed by atoms with E-state index in [-0.39, 0.29) is 10.0 Å². The number of anilines is 2. The molecule has 2 aromatic rings. The topological polar surface area (TPSA) is 84.0 Å². The van der Waals surface area contributed by atoms with Gasteiger partial charge >= 0.3 is 0 Å². The molecule has 0 atom stereocenters. The van der Waals surface area contributed by atoms with Crippen LogP contribution < -0.4 is 10.0 Å². The Morgan fingerprint density at radius 3 is 2.41 bits per heavy atom. The quantitative estimate of drug-likeness (QED) is 0.875. The second kappa shape index (κ2) is 6.62. The van der Waals surface area contributed by atoms with Gasteiger partial charge in [-0.05, 0) is 36.4 Å². The van der Waals surface area contributed by atoms with Gasteiger partial charge in [0.25, 0.3) is 10.0 Å². The van der Waals surface area contributed by atoms with E-state index in [1.54, 1.807) is 29.6 Å². The second-order valence-electron chi connectivity index (χ2n) is 5.32. The number of hydrogen-bond acceptors (Lipinski definition) is 6. The van der Waals surface area contributed by atoms with E-state index in [9.17, 15) is 8.42 Å². The van der Waals surface area contributed by atoms with Gasteiger partial charge in [0.1, 0.15) is 10.0 Å². The third kappa shape index (κ3) is 3.75. The first kappa shape index (κ1) is 15.2. The molecule has 0 radical (unpaired) electrons. The minimum absolute atomic E-state index is 0.225. The van der Waals surface area contributed by atoms with E-state index >= 15 is 0 Å². The minimum atomic E-state index is -3.56. The van der Waals surface area contributed by atoms with Crippen molar-refractivity contribution in [1.82, 2.24) is 10.2 Å². The molecular formula is C14H18N4O2S2. The van der Waals surface area contributed by atoms with Gasteiger partial charge in [-0.25, -0.2) is 8.42 Å². The summed E-state index contributed by atoms with van der Waals surface area (Å²) in [5.41, 5.74) is 0. The maximum Gasteiger partial charge on any atom is 0.272 e. The predicted octanol–water partition coefficient (Wildman–Crippen LogP) is 3.08. The highest BCUT2D eigenvalue weighted by molar-refractivity contribution is 7.94. The van der Waals surface area contributed by atoms with Gasteiger partial charge in [-0.2, -0.15) is 0 Å². The Balaban J connectivity index is 1.64. The summed E-state index contributed by atoms with van der Waals surface area (Å²) in [6.45, 7) is 0. The molecule has 0 bridgehead atoms. The van der Waals surface area contributed by atoms with Gasteiger partial charge in [0.15, 0.2) is 5.82 Å². The van der Waals surface area contributed by atoms with Crippen LogP contribution in [0.4, 0.5) is 11.6 Å². The minimum Gasteiger partial charge on any atom is -0.366 e. The van der Waals surface area contributed by atoms with E-state index in [4.69, 9.17) is 0 Å². The molecule has 3 rings (SSSR count). The summed E-state index contributed by atoms with van der Waals surface area (Å²) in [5.74, 6) is 0.911. The molecule has 0 amide bonds. The van der Waals surface area contributed by atoms with E-state index in [1.165, 1.54) is 19.3 Å². The maximum absolute atomic E-state index is 12.1. The van der Waals surface area contributed by atoms with Crippen molar-refractivity contribution in [3.63, 3.8) is 0 Å². The average Bonchev–Trinajstić information content (AvgIpc) is 3.05. The fourth-order valence-corrected chi connectivity index (χ4v) is 4.51. The van der Waals surface area contributed by atoms with Crippen LogP contribution in [0.3, 0.4) is 0 Å². The molecule has 2 aromatic heterocycles. The zero-order valence-corrected chi connectivity index (χ0v) is 13.7. The zero-order chi connectivity index (χ0) is 15.4. The molecule has 1 aliphatic rings. The number of nitrogens with one attached hydrogen (secondary N) is 2. The van der Waals surface area contributed by atoms with Gasteiger partial charge in [0, 0.05) is 6.04 Å². The molecule has 2 heterocycles. The lowest BCUT2D eigenvalue weighted by Crippen LogP contribution is -2.23. The lowest BCUT2D eigenvalue weighted by Gasteiger charge is -2.22. The average molecular weight is 338 g/mol. The van der Waals surface area contributed by atoms with Crippen molar-refractivity contribution in [2.24, 2.45) is 0 Å². The Labute approximate surface area is 134 Å². The summed E-state index contributed by atoms with van der Waals surface area (Å²) in [6, 6.07) is 7.08. The maximum atomic E-state index is 12.1. The number of sulfonamides is 1. The highest BCUT2D eigenvalue weighted by atomic mass is 32.2. The van der Waals surface area contributed by atoms with Crippen molar-refractivity contribution < 1.29 is 8.42 Å². The first-order valence-electron chi connectivity index (χ1n) is 7.30. The summed E-state index contributed by atoms with van der Waals surface area (Å²) >= 11 is 1.16. The third-order valence-electron chi connectivity index (χ3n) is 3.62. The molecule has 1 fully saturated rings. The molecule has 6 nitrogen and oxygen atoms in total.